The first kappa shape index (κ1) is 9.71. The van der Waals surface area contributed by atoms with E-state index in [1.807, 2.05) is 31.3 Å². The molecule has 1 N–H and O–H groups in total. The third kappa shape index (κ3) is 2.15. The van der Waals surface area contributed by atoms with Crippen molar-refractivity contribution in [2.75, 3.05) is 12.4 Å². The molecular weight excluding hydrogens is 189 g/mol. The number of hydrogen-bond acceptors (Lipinski definition) is 1. The van der Waals surface area contributed by atoms with Gasteiger partial charge in [0.25, 0.3) is 0 Å². The minimum Gasteiger partial charge on any atom is -0.388 e. The van der Waals surface area contributed by atoms with Crippen molar-refractivity contribution in [1.29, 1.82) is 0 Å². The van der Waals surface area contributed by atoms with Gasteiger partial charge < -0.3 is 5.32 Å². The lowest BCUT2D eigenvalue weighted by atomic mass is 10.1. The van der Waals surface area contributed by atoms with E-state index in [4.69, 9.17) is 0 Å². The highest BCUT2D eigenvalue weighted by atomic mass is 19.1. The van der Waals surface area contributed by atoms with E-state index in [1.165, 1.54) is 12.1 Å². The number of rotatable bonds is 2. The quantitative estimate of drug-likeness (QED) is 0.783. The van der Waals surface area contributed by atoms with Crippen LogP contribution < -0.4 is 5.32 Å². The van der Waals surface area contributed by atoms with Crippen molar-refractivity contribution in [3.63, 3.8) is 0 Å². The fourth-order valence-electron chi connectivity index (χ4n) is 1.50. The smallest absolute Gasteiger partial charge is 0.123 e. The Morgan fingerprint density at radius 1 is 0.933 bits per heavy atom. The van der Waals surface area contributed by atoms with Crippen LogP contribution in [0.3, 0.4) is 0 Å². The summed E-state index contributed by atoms with van der Waals surface area (Å²) >= 11 is 0. The predicted octanol–water partition coefficient (Wildman–Crippen LogP) is 3.53. The number of benzene rings is 2. The van der Waals surface area contributed by atoms with Crippen LogP contribution in [-0.4, -0.2) is 7.05 Å². The summed E-state index contributed by atoms with van der Waals surface area (Å²) in [5, 5.41) is 3.07. The lowest BCUT2D eigenvalue weighted by Crippen LogP contribution is -1.87. The first-order valence-electron chi connectivity index (χ1n) is 4.83. The van der Waals surface area contributed by atoms with E-state index in [-0.39, 0.29) is 5.82 Å². The molecule has 0 aliphatic rings. The van der Waals surface area contributed by atoms with Gasteiger partial charge in [-0.1, -0.05) is 24.3 Å². The first-order valence-corrected chi connectivity index (χ1v) is 4.83. The molecule has 0 fully saturated rings. The van der Waals surface area contributed by atoms with Gasteiger partial charge in [-0.3, -0.25) is 0 Å². The first-order chi connectivity index (χ1) is 7.29. The summed E-state index contributed by atoms with van der Waals surface area (Å²) in [6.45, 7) is 0. The van der Waals surface area contributed by atoms with Crippen molar-refractivity contribution in [1.82, 2.24) is 0 Å². The van der Waals surface area contributed by atoms with E-state index >= 15 is 0 Å². The standard InChI is InChI=1S/C13H12FN/c1-15-13-4-2-3-11(9-13)10-5-7-12(14)8-6-10/h2-9,15H,1H3. The highest BCUT2D eigenvalue weighted by molar-refractivity contribution is 5.67. The molecular formula is C13H12FN. The minimum absolute atomic E-state index is 0.205. The molecule has 0 aliphatic heterocycles. The van der Waals surface area contributed by atoms with Crippen molar-refractivity contribution in [3.8, 4) is 11.1 Å². The van der Waals surface area contributed by atoms with Crippen molar-refractivity contribution in [2.24, 2.45) is 0 Å². The van der Waals surface area contributed by atoms with Gasteiger partial charge >= 0.3 is 0 Å². The summed E-state index contributed by atoms with van der Waals surface area (Å²) in [6, 6.07) is 14.5. The van der Waals surface area contributed by atoms with Gasteiger partial charge in [0.05, 0.1) is 0 Å². The Morgan fingerprint density at radius 2 is 1.67 bits per heavy atom. The summed E-state index contributed by atoms with van der Waals surface area (Å²) in [6.07, 6.45) is 0. The average molecular weight is 201 g/mol. The van der Waals surface area contributed by atoms with Crippen LogP contribution in [0.2, 0.25) is 0 Å². The van der Waals surface area contributed by atoms with Gasteiger partial charge in [0, 0.05) is 12.7 Å². The summed E-state index contributed by atoms with van der Waals surface area (Å²) in [5.74, 6) is -0.205. The van der Waals surface area contributed by atoms with Gasteiger partial charge in [0.15, 0.2) is 0 Å². The third-order valence-electron chi connectivity index (χ3n) is 2.33. The van der Waals surface area contributed by atoms with E-state index in [0.717, 1.165) is 16.8 Å². The van der Waals surface area contributed by atoms with E-state index in [9.17, 15) is 4.39 Å². The molecule has 0 saturated carbocycles. The molecule has 0 bridgehead atoms. The SMILES string of the molecule is CNc1cccc(-c2ccc(F)cc2)c1. The molecule has 15 heavy (non-hydrogen) atoms. The van der Waals surface area contributed by atoms with Gasteiger partial charge in [-0.15, -0.1) is 0 Å². The zero-order valence-corrected chi connectivity index (χ0v) is 8.50. The number of anilines is 1. The van der Waals surface area contributed by atoms with Crippen LogP contribution >= 0.6 is 0 Å². The Kier molecular flexibility index (Phi) is 2.68. The Morgan fingerprint density at radius 3 is 2.33 bits per heavy atom. The van der Waals surface area contributed by atoms with E-state index in [2.05, 4.69) is 5.32 Å². The Hall–Kier alpha value is -1.83. The largest absolute Gasteiger partial charge is 0.388 e. The third-order valence-corrected chi connectivity index (χ3v) is 2.33. The zero-order valence-electron chi connectivity index (χ0n) is 8.50. The molecule has 0 unspecified atom stereocenters. The van der Waals surface area contributed by atoms with Crippen molar-refractivity contribution < 1.29 is 4.39 Å². The number of halogens is 1. The molecule has 0 amide bonds. The molecule has 0 aliphatic carbocycles. The second-order valence-electron chi connectivity index (χ2n) is 3.34. The molecule has 2 rings (SSSR count). The van der Waals surface area contributed by atoms with Gasteiger partial charge in [-0.2, -0.15) is 0 Å². The molecule has 0 spiro atoms. The number of nitrogens with one attached hydrogen (secondary N) is 1. The zero-order chi connectivity index (χ0) is 10.7. The monoisotopic (exact) mass is 201 g/mol. The molecule has 76 valence electrons. The maximum atomic E-state index is 12.7. The van der Waals surface area contributed by atoms with Crippen LogP contribution in [-0.2, 0) is 0 Å². The molecule has 2 aromatic carbocycles. The minimum atomic E-state index is -0.205. The Balaban J connectivity index is 2.40. The molecule has 0 heterocycles. The highest BCUT2D eigenvalue weighted by Crippen LogP contribution is 2.22. The molecule has 1 nitrogen and oxygen atoms in total. The number of hydrogen-bond donors (Lipinski definition) is 1. The maximum absolute atomic E-state index is 12.7. The van der Waals surface area contributed by atoms with Crippen molar-refractivity contribution >= 4 is 5.69 Å². The van der Waals surface area contributed by atoms with Crippen LogP contribution in [0.1, 0.15) is 0 Å². The predicted molar refractivity (Wildman–Crippen MR) is 61.4 cm³/mol. The summed E-state index contributed by atoms with van der Waals surface area (Å²) < 4.78 is 12.7. The highest BCUT2D eigenvalue weighted by Gasteiger charge is 1.98. The van der Waals surface area contributed by atoms with Gasteiger partial charge in [-0.05, 0) is 35.4 Å². The second-order valence-corrected chi connectivity index (χ2v) is 3.34. The molecule has 2 heteroatoms. The van der Waals surface area contributed by atoms with Gasteiger partial charge in [0.1, 0.15) is 5.82 Å². The average Bonchev–Trinajstić information content (AvgIpc) is 2.30. The summed E-state index contributed by atoms with van der Waals surface area (Å²) in [7, 11) is 1.88. The Bertz CT molecular complexity index is 448. The summed E-state index contributed by atoms with van der Waals surface area (Å²) in [5.41, 5.74) is 3.16. The van der Waals surface area contributed by atoms with Crippen LogP contribution in [0.5, 0.6) is 0 Å². The van der Waals surface area contributed by atoms with Crippen LogP contribution in [0, 0.1) is 5.82 Å². The second kappa shape index (κ2) is 4.13. The fraction of sp³-hybridized carbons (Fsp3) is 0.0769. The molecule has 0 atom stereocenters. The van der Waals surface area contributed by atoms with E-state index in [0.29, 0.717) is 0 Å². The topological polar surface area (TPSA) is 12.0 Å². The molecule has 0 aromatic heterocycles. The molecule has 2 aromatic rings. The summed E-state index contributed by atoms with van der Waals surface area (Å²) in [4.78, 5) is 0. The van der Waals surface area contributed by atoms with Crippen LogP contribution in [0.4, 0.5) is 10.1 Å². The lowest BCUT2D eigenvalue weighted by molar-refractivity contribution is 0.628. The molecule has 0 saturated heterocycles. The van der Waals surface area contributed by atoms with Crippen molar-refractivity contribution in [2.45, 2.75) is 0 Å². The van der Waals surface area contributed by atoms with Gasteiger partial charge in [0.2, 0.25) is 0 Å². The van der Waals surface area contributed by atoms with Crippen LogP contribution in [0.15, 0.2) is 48.5 Å². The van der Waals surface area contributed by atoms with Crippen LogP contribution in [0.25, 0.3) is 11.1 Å². The van der Waals surface area contributed by atoms with E-state index in [1.54, 1.807) is 12.1 Å². The Labute approximate surface area is 88.6 Å². The maximum Gasteiger partial charge on any atom is 0.123 e. The van der Waals surface area contributed by atoms with Crippen molar-refractivity contribution in [3.05, 3.63) is 54.3 Å². The van der Waals surface area contributed by atoms with E-state index < -0.39 is 0 Å². The normalized spacial score (nSPS) is 10.0. The fourth-order valence-corrected chi connectivity index (χ4v) is 1.50. The van der Waals surface area contributed by atoms with Gasteiger partial charge in [-0.25, -0.2) is 4.39 Å². The lowest BCUT2D eigenvalue weighted by Gasteiger charge is -2.04. The molecule has 0 radical (unpaired) electrons.